The van der Waals surface area contributed by atoms with Gasteiger partial charge in [0.25, 0.3) is 0 Å². The van der Waals surface area contributed by atoms with Crippen molar-refractivity contribution >= 4 is 107 Å². The molecule has 0 aliphatic heterocycles. The molecule has 12 aromatic rings. The second-order valence-corrected chi connectivity index (χ2v) is 21.0. The van der Waals surface area contributed by atoms with Gasteiger partial charge < -0.3 is 9.80 Å². The van der Waals surface area contributed by atoms with Crippen molar-refractivity contribution in [3.8, 4) is 22.3 Å². The number of aryl methyl sites for hydroxylation is 2. The highest BCUT2D eigenvalue weighted by Gasteiger charge is 2.26. The fraction of sp³-hybridized carbons (Fsp3) is 0.0811. The second kappa shape index (κ2) is 18.3. The molecule has 12 aromatic carbocycles. The quantitative estimate of drug-likeness (QED) is 0.150. The summed E-state index contributed by atoms with van der Waals surface area (Å²) in [4.78, 5) is 5.09. The van der Waals surface area contributed by atoms with Crippen LogP contribution in [0.2, 0.25) is 0 Å². The Bertz CT molecular complexity index is 4460. The Morgan fingerprint density at radius 3 is 1.42 bits per heavy atom. The van der Waals surface area contributed by atoms with Crippen LogP contribution < -0.4 is 20.2 Å². The fourth-order valence-electron chi connectivity index (χ4n) is 12.8. The van der Waals surface area contributed by atoms with Crippen LogP contribution in [0.3, 0.4) is 0 Å². The zero-order valence-electron chi connectivity index (χ0n) is 42.3. The molecule has 0 saturated heterocycles. The predicted octanol–water partition coefficient (Wildman–Crippen LogP) is 18.3. The molecule has 3 aliphatic rings. The zero-order valence-corrected chi connectivity index (χ0v) is 42.3. The largest absolute Gasteiger partial charge is 0.334 e. The van der Waals surface area contributed by atoms with Crippen LogP contribution in [0.5, 0.6) is 0 Å². The van der Waals surface area contributed by atoms with Gasteiger partial charge in [-0.3, -0.25) is 0 Å². The van der Waals surface area contributed by atoms with Crippen LogP contribution in [0.4, 0.5) is 28.4 Å². The molecule has 0 N–H and O–H groups in total. The number of allylic oxidation sites excluding steroid dienone is 2. The van der Waals surface area contributed by atoms with E-state index in [4.69, 9.17) is 0 Å². The maximum atomic E-state index is 2.62. The lowest BCUT2D eigenvalue weighted by Crippen LogP contribution is -2.40. The number of fused-ring (bicyclic) bond motifs is 8. The molecule has 360 valence electrons. The Kier molecular flexibility index (Phi) is 10.7. The minimum Gasteiger partial charge on any atom is -0.334 e. The summed E-state index contributed by atoms with van der Waals surface area (Å²) in [7, 11) is 0. The second-order valence-electron chi connectivity index (χ2n) is 21.0. The molecule has 15 rings (SSSR count). The molecule has 0 amide bonds. The summed E-state index contributed by atoms with van der Waals surface area (Å²) < 4.78 is 0. The van der Waals surface area contributed by atoms with Gasteiger partial charge in [0.05, 0.1) is 6.04 Å². The molecule has 0 radical (unpaired) electrons. The maximum Gasteiger partial charge on any atom is 0.0566 e. The lowest BCUT2D eigenvalue weighted by Gasteiger charge is -2.34. The van der Waals surface area contributed by atoms with Crippen LogP contribution in [0.15, 0.2) is 237 Å². The summed E-state index contributed by atoms with van der Waals surface area (Å²) >= 11 is 0. The van der Waals surface area contributed by atoms with E-state index in [1.807, 2.05) is 0 Å². The van der Waals surface area contributed by atoms with Crippen molar-refractivity contribution in [3.05, 3.63) is 269 Å². The molecule has 0 saturated carbocycles. The molecule has 2 nitrogen and oxygen atoms in total. The van der Waals surface area contributed by atoms with E-state index in [1.165, 1.54) is 126 Å². The van der Waals surface area contributed by atoms with Crippen LogP contribution in [0.1, 0.15) is 41.5 Å². The number of anilines is 5. The topological polar surface area (TPSA) is 6.48 Å². The summed E-state index contributed by atoms with van der Waals surface area (Å²) in [6.07, 6.45) is 19.4. The maximum absolute atomic E-state index is 2.62. The highest BCUT2D eigenvalue weighted by molar-refractivity contribution is 6.09. The summed E-state index contributed by atoms with van der Waals surface area (Å²) in [5.74, 6) is 0. The lowest BCUT2D eigenvalue weighted by molar-refractivity contribution is 0.839. The lowest BCUT2D eigenvalue weighted by atomic mass is 9.83. The summed E-state index contributed by atoms with van der Waals surface area (Å²) in [6, 6.07) is 84.7. The average Bonchev–Trinajstić information content (AvgIpc) is 3.52. The molecule has 1 atom stereocenters. The third kappa shape index (κ3) is 7.71. The average molecular weight is 971 g/mol. The molecule has 76 heavy (non-hydrogen) atoms. The van der Waals surface area contributed by atoms with Crippen molar-refractivity contribution in [1.82, 2.24) is 0 Å². The number of rotatable bonds is 8. The zero-order chi connectivity index (χ0) is 50.1. The first-order valence-electron chi connectivity index (χ1n) is 27.1. The third-order valence-electron chi connectivity index (χ3n) is 16.5. The number of nitrogens with zero attached hydrogens (tertiary/aromatic N) is 2. The van der Waals surface area contributed by atoms with Crippen molar-refractivity contribution < 1.29 is 0 Å². The van der Waals surface area contributed by atoms with Gasteiger partial charge in [-0.05, 0) is 208 Å². The van der Waals surface area contributed by atoms with E-state index in [0.29, 0.717) is 0 Å². The van der Waals surface area contributed by atoms with Gasteiger partial charge in [-0.1, -0.05) is 194 Å². The van der Waals surface area contributed by atoms with Gasteiger partial charge >= 0.3 is 0 Å². The first-order chi connectivity index (χ1) is 37.6. The van der Waals surface area contributed by atoms with Crippen molar-refractivity contribution in [2.45, 2.75) is 38.1 Å². The van der Waals surface area contributed by atoms with Crippen molar-refractivity contribution in [2.75, 3.05) is 9.80 Å². The van der Waals surface area contributed by atoms with Crippen LogP contribution in [0.25, 0.3) is 100 Å². The number of hydrogen-bond acceptors (Lipinski definition) is 2. The summed E-state index contributed by atoms with van der Waals surface area (Å²) in [6.45, 7) is 0. The van der Waals surface area contributed by atoms with Crippen molar-refractivity contribution in [3.63, 3.8) is 0 Å². The van der Waals surface area contributed by atoms with E-state index in [2.05, 4.69) is 271 Å². The first kappa shape index (κ1) is 44.3. The molecular weight excluding hydrogens is 917 g/mol. The highest BCUT2D eigenvalue weighted by atomic mass is 15.2. The molecule has 0 spiro atoms. The van der Waals surface area contributed by atoms with Crippen LogP contribution in [-0.2, 0) is 12.8 Å². The predicted molar refractivity (Wildman–Crippen MR) is 326 cm³/mol. The summed E-state index contributed by atoms with van der Waals surface area (Å²) in [5.41, 5.74) is 16.3. The Labute approximate surface area is 443 Å². The van der Waals surface area contributed by atoms with E-state index in [1.54, 1.807) is 0 Å². The molecule has 2 heteroatoms. The molecule has 0 bridgehead atoms. The van der Waals surface area contributed by atoms with Gasteiger partial charge in [0.15, 0.2) is 0 Å². The minimum atomic E-state index is 0.00882. The number of benzene rings is 12. The van der Waals surface area contributed by atoms with Gasteiger partial charge in [-0.2, -0.15) is 0 Å². The van der Waals surface area contributed by atoms with E-state index >= 15 is 0 Å². The monoisotopic (exact) mass is 970 g/mol. The molecule has 0 fully saturated rings. The van der Waals surface area contributed by atoms with Gasteiger partial charge in [0.1, 0.15) is 0 Å². The Balaban J connectivity index is 1.02. The normalized spacial score (nSPS) is 14.6. The smallest absolute Gasteiger partial charge is 0.0566 e. The fourth-order valence-corrected chi connectivity index (χ4v) is 12.8. The molecule has 0 aromatic heterocycles. The van der Waals surface area contributed by atoms with Gasteiger partial charge in [0.2, 0.25) is 0 Å². The van der Waals surface area contributed by atoms with E-state index in [-0.39, 0.29) is 6.04 Å². The van der Waals surface area contributed by atoms with Crippen molar-refractivity contribution in [1.29, 1.82) is 0 Å². The molecule has 0 heterocycles. The van der Waals surface area contributed by atoms with Gasteiger partial charge in [-0.25, -0.2) is 0 Å². The standard InChI is InChI=1S/C74H54N2/c1-7-19-55-41-61(27-25-49(55)13-1)73-69-39-37-68(76(65-35-31-53-17-5-11-23-59(53)45-65)66-36-32-54-18-6-12-24-60(54)46-66)48-72(69)74(62-28-26-50-14-2-8-20-56(50)42-62)70-40-38-67(47-71(70)73)75(63-33-29-51-15-3-9-21-57(51)43-63)64-34-30-52-16-4-10-22-58(52)44-64/h1-7,9-11,13-19,21-23,25-37,39-48,67H,8,12,20,24,38H2. The summed E-state index contributed by atoms with van der Waals surface area (Å²) in [5, 5.41) is 15.0. The van der Waals surface area contributed by atoms with E-state index in [0.717, 1.165) is 43.5 Å². The van der Waals surface area contributed by atoms with Crippen LogP contribution in [0, 0.1) is 0 Å². The highest BCUT2D eigenvalue weighted by Crippen LogP contribution is 2.43. The van der Waals surface area contributed by atoms with Crippen molar-refractivity contribution in [2.24, 2.45) is 0 Å². The Hall–Kier alpha value is -9.24. The molecule has 3 aliphatic carbocycles. The number of hydrogen-bond donors (Lipinski definition) is 0. The Morgan fingerprint density at radius 2 is 0.789 bits per heavy atom. The third-order valence-corrected chi connectivity index (χ3v) is 16.5. The van der Waals surface area contributed by atoms with E-state index < -0.39 is 0 Å². The van der Waals surface area contributed by atoms with Crippen LogP contribution in [-0.4, -0.2) is 6.04 Å². The molecular formula is C74H54N2. The SMILES string of the molecule is C1=Cc2ccc(-c3c4c(c(-c5ccc6ccccc6c5)c5ccc(N(c6ccc7c(c6)CCC=C7)c6ccc7ccccc7c6)cc35)=CC(N(c3ccc5ccccc5c3)c3ccc5ccccc5c3)CC=4)cc2CC1. The van der Waals surface area contributed by atoms with Gasteiger partial charge in [0, 0.05) is 28.4 Å². The minimum absolute atomic E-state index is 0.00882. The first-order valence-corrected chi connectivity index (χ1v) is 27.1. The van der Waals surface area contributed by atoms with E-state index in [9.17, 15) is 0 Å². The van der Waals surface area contributed by atoms with Gasteiger partial charge in [-0.15, -0.1) is 0 Å². The van der Waals surface area contributed by atoms with Crippen LogP contribution >= 0.6 is 0 Å². The Morgan fingerprint density at radius 1 is 0.342 bits per heavy atom. The molecule has 1 unspecified atom stereocenters.